The maximum absolute atomic E-state index is 6.10. The summed E-state index contributed by atoms with van der Waals surface area (Å²) in [5.41, 5.74) is 3.63. The molecule has 3 aromatic carbocycles. The molecular formula is C23H20O3. The Bertz CT molecular complexity index is 924. The number of ether oxygens (including phenoxy) is 3. The van der Waals surface area contributed by atoms with E-state index >= 15 is 0 Å². The van der Waals surface area contributed by atoms with Crippen molar-refractivity contribution >= 4 is 0 Å². The van der Waals surface area contributed by atoms with Gasteiger partial charge in [-0.15, -0.1) is 6.42 Å². The lowest BCUT2D eigenvalue weighted by Gasteiger charge is -2.16. The molecule has 0 unspecified atom stereocenters. The summed E-state index contributed by atoms with van der Waals surface area (Å²) in [5, 5.41) is 0. The second-order valence-electron chi connectivity index (χ2n) is 5.67. The van der Waals surface area contributed by atoms with E-state index in [2.05, 4.69) is 5.92 Å². The molecule has 3 heteroatoms. The number of terminal acetylenes is 1. The Balaban J connectivity index is 2.03. The van der Waals surface area contributed by atoms with Crippen LogP contribution in [0.15, 0.2) is 66.7 Å². The van der Waals surface area contributed by atoms with Gasteiger partial charge in [0, 0.05) is 16.7 Å². The standard InChI is InChI=1S/C23H20O3/c1-4-17-13-14-19(20-11-8-12-21(24-2)23(20)25-3)22(15-17)26-16-18-9-6-5-7-10-18/h1,5-15H,16H2,2-3H3. The highest BCUT2D eigenvalue weighted by atomic mass is 16.5. The Kier molecular flexibility index (Phi) is 5.46. The third kappa shape index (κ3) is 3.65. The van der Waals surface area contributed by atoms with E-state index in [9.17, 15) is 0 Å². The highest BCUT2D eigenvalue weighted by molar-refractivity contribution is 5.79. The quantitative estimate of drug-likeness (QED) is 0.593. The van der Waals surface area contributed by atoms with Crippen molar-refractivity contribution in [1.29, 1.82) is 0 Å². The van der Waals surface area contributed by atoms with Gasteiger partial charge in [-0.3, -0.25) is 0 Å². The molecule has 0 aliphatic heterocycles. The molecular weight excluding hydrogens is 324 g/mol. The van der Waals surface area contributed by atoms with Crippen LogP contribution in [0.5, 0.6) is 17.2 Å². The first kappa shape index (κ1) is 17.4. The number of methoxy groups -OCH3 is 2. The van der Waals surface area contributed by atoms with Crippen molar-refractivity contribution in [3.8, 4) is 40.7 Å². The van der Waals surface area contributed by atoms with Crippen molar-refractivity contribution < 1.29 is 14.2 Å². The Morgan fingerprint density at radius 3 is 2.31 bits per heavy atom. The van der Waals surface area contributed by atoms with E-state index < -0.39 is 0 Å². The zero-order valence-electron chi connectivity index (χ0n) is 14.9. The second-order valence-corrected chi connectivity index (χ2v) is 5.67. The third-order valence-electron chi connectivity index (χ3n) is 4.08. The molecule has 130 valence electrons. The molecule has 26 heavy (non-hydrogen) atoms. The lowest BCUT2D eigenvalue weighted by Crippen LogP contribution is -1.99. The van der Waals surface area contributed by atoms with E-state index in [1.165, 1.54) is 0 Å². The fraction of sp³-hybridized carbons (Fsp3) is 0.130. The Morgan fingerprint density at radius 1 is 0.808 bits per heavy atom. The fourth-order valence-electron chi connectivity index (χ4n) is 2.79. The van der Waals surface area contributed by atoms with Crippen LogP contribution in [0.25, 0.3) is 11.1 Å². The van der Waals surface area contributed by atoms with Gasteiger partial charge >= 0.3 is 0 Å². The minimum absolute atomic E-state index is 0.453. The van der Waals surface area contributed by atoms with Gasteiger partial charge in [0.2, 0.25) is 0 Å². The van der Waals surface area contributed by atoms with Gasteiger partial charge in [0.15, 0.2) is 11.5 Å². The van der Waals surface area contributed by atoms with E-state index in [4.69, 9.17) is 20.6 Å². The van der Waals surface area contributed by atoms with Gasteiger partial charge in [-0.1, -0.05) is 48.4 Å². The molecule has 0 N–H and O–H groups in total. The minimum Gasteiger partial charge on any atom is -0.493 e. The van der Waals surface area contributed by atoms with Crippen molar-refractivity contribution in [3.63, 3.8) is 0 Å². The number of para-hydroxylation sites is 1. The molecule has 0 aliphatic rings. The van der Waals surface area contributed by atoms with Crippen LogP contribution < -0.4 is 14.2 Å². The molecule has 0 atom stereocenters. The number of hydrogen-bond donors (Lipinski definition) is 0. The van der Waals surface area contributed by atoms with Crippen LogP contribution in [-0.2, 0) is 6.61 Å². The SMILES string of the molecule is C#Cc1ccc(-c2cccc(OC)c2OC)c(OCc2ccccc2)c1. The fourth-order valence-corrected chi connectivity index (χ4v) is 2.79. The molecule has 0 saturated heterocycles. The van der Waals surface area contributed by atoms with E-state index in [1.807, 2.05) is 66.7 Å². The summed E-state index contributed by atoms with van der Waals surface area (Å²) in [6, 6.07) is 21.5. The molecule has 3 rings (SSSR count). The molecule has 0 aliphatic carbocycles. The van der Waals surface area contributed by atoms with E-state index in [0.29, 0.717) is 23.9 Å². The molecule has 0 radical (unpaired) electrons. The minimum atomic E-state index is 0.453. The lowest BCUT2D eigenvalue weighted by atomic mass is 10.0. The monoisotopic (exact) mass is 344 g/mol. The van der Waals surface area contributed by atoms with E-state index in [0.717, 1.165) is 22.3 Å². The third-order valence-corrected chi connectivity index (χ3v) is 4.08. The summed E-state index contributed by atoms with van der Waals surface area (Å²) in [6.45, 7) is 0.453. The van der Waals surface area contributed by atoms with Gasteiger partial charge in [-0.05, 0) is 29.8 Å². The highest BCUT2D eigenvalue weighted by Gasteiger charge is 2.16. The first-order chi connectivity index (χ1) is 12.8. The summed E-state index contributed by atoms with van der Waals surface area (Å²) < 4.78 is 17.1. The first-order valence-electron chi connectivity index (χ1n) is 8.25. The predicted molar refractivity (Wildman–Crippen MR) is 104 cm³/mol. The van der Waals surface area contributed by atoms with Crippen LogP contribution in [0, 0.1) is 12.3 Å². The largest absolute Gasteiger partial charge is 0.493 e. The predicted octanol–water partition coefficient (Wildman–Crippen LogP) is 4.93. The van der Waals surface area contributed by atoms with Crippen LogP contribution in [0.4, 0.5) is 0 Å². The normalized spacial score (nSPS) is 10.0. The van der Waals surface area contributed by atoms with Gasteiger partial charge in [0.05, 0.1) is 14.2 Å². The average Bonchev–Trinajstić information content (AvgIpc) is 2.72. The van der Waals surface area contributed by atoms with Gasteiger partial charge in [-0.25, -0.2) is 0 Å². The van der Waals surface area contributed by atoms with Crippen molar-refractivity contribution in [1.82, 2.24) is 0 Å². The number of benzene rings is 3. The maximum atomic E-state index is 6.10. The van der Waals surface area contributed by atoms with Crippen LogP contribution in [0.2, 0.25) is 0 Å². The van der Waals surface area contributed by atoms with Crippen LogP contribution in [0.1, 0.15) is 11.1 Å². The summed E-state index contributed by atoms with van der Waals surface area (Å²) in [6.07, 6.45) is 5.57. The van der Waals surface area contributed by atoms with E-state index in [1.54, 1.807) is 14.2 Å². The highest BCUT2D eigenvalue weighted by Crippen LogP contribution is 2.42. The molecule has 0 amide bonds. The molecule has 0 saturated carbocycles. The summed E-state index contributed by atoms with van der Waals surface area (Å²) >= 11 is 0. The molecule has 3 nitrogen and oxygen atoms in total. The van der Waals surface area contributed by atoms with Gasteiger partial charge in [-0.2, -0.15) is 0 Å². The summed E-state index contributed by atoms with van der Waals surface area (Å²) in [4.78, 5) is 0. The number of rotatable bonds is 6. The van der Waals surface area contributed by atoms with Gasteiger partial charge in [0.25, 0.3) is 0 Å². The van der Waals surface area contributed by atoms with E-state index in [-0.39, 0.29) is 0 Å². The van der Waals surface area contributed by atoms with Crippen molar-refractivity contribution in [2.45, 2.75) is 6.61 Å². The topological polar surface area (TPSA) is 27.7 Å². The lowest BCUT2D eigenvalue weighted by molar-refractivity contribution is 0.307. The van der Waals surface area contributed by atoms with Crippen molar-refractivity contribution in [2.75, 3.05) is 14.2 Å². The second kappa shape index (κ2) is 8.13. The molecule has 3 aromatic rings. The van der Waals surface area contributed by atoms with Crippen molar-refractivity contribution in [3.05, 3.63) is 77.9 Å². The maximum Gasteiger partial charge on any atom is 0.168 e. The van der Waals surface area contributed by atoms with Gasteiger partial charge in [0.1, 0.15) is 12.4 Å². The summed E-state index contributed by atoms with van der Waals surface area (Å²) in [5.74, 6) is 4.69. The first-order valence-corrected chi connectivity index (χ1v) is 8.25. The van der Waals surface area contributed by atoms with Crippen LogP contribution in [-0.4, -0.2) is 14.2 Å². The molecule has 0 bridgehead atoms. The molecule has 0 spiro atoms. The van der Waals surface area contributed by atoms with Crippen LogP contribution >= 0.6 is 0 Å². The Labute approximate surface area is 154 Å². The van der Waals surface area contributed by atoms with Gasteiger partial charge < -0.3 is 14.2 Å². The molecule has 0 heterocycles. The summed E-state index contributed by atoms with van der Waals surface area (Å²) in [7, 11) is 3.25. The average molecular weight is 344 g/mol. The molecule has 0 aromatic heterocycles. The zero-order valence-corrected chi connectivity index (χ0v) is 14.9. The Hall–Kier alpha value is -3.38. The van der Waals surface area contributed by atoms with Crippen molar-refractivity contribution in [2.24, 2.45) is 0 Å². The smallest absolute Gasteiger partial charge is 0.168 e. The Morgan fingerprint density at radius 2 is 1.62 bits per heavy atom. The zero-order chi connectivity index (χ0) is 18.4. The van der Waals surface area contributed by atoms with Crippen LogP contribution in [0.3, 0.4) is 0 Å². The molecule has 0 fully saturated rings. The number of hydrogen-bond acceptors (Lipinski definition) is 3.